The molecule has 0 aliphatic carbocycles. The fourth-order valence-electron chi connectivity index (χ4n) is 1.58. The third kappa shape index (κ3) is 0.939. The molecule has 0 aliphatic rings. The van der Waals surface area contributed by atoms with E-state index in [1.54, 1.807) is 0 Å². The van der Waals surface area contributed by atoms with Crippen LogP contribution in [0, 0.1) is 0 Å². The molecule has 0 spiro atoms. The maximum absolute atomic E-state index is 4.08. The lowest BCUT2D eigenvalue weighted by molar-refractivity contribution is 1.18. The zero-order valence-electron chi connectivity index (χ0n) is 6.77. The van der Waals surface area contributed by atoms with Crippen molar-refractivity contribution in [3.63, 3.8) is 0 Å². The Morgan fingerprint density at radius 3 is 3.00 bits per heavy atom. The van der Waals surface area contributed by atoms with Crippen molar-refractivity contribution in [2.24, 2.45) is 0 Å². The van der Waals surface area contributed by atoms with Gasteiger partial charge in [0.25, 0.3) is 0 Å². The van der Waals surface area contributed by atoms with Gasteiger partial charge >= 0.3 is 0 Å². The first-order valence-electron chi connectivity index (χ1n) is 4.04. The Balaban J connectivity index is 2.65. The van der Waals surface area contributed by atoms with Crippen molar-refractivity contribution in [2.75, 3.05) is 0 Å². The molecule has 0 atom stereocenters. The monoisotopic (exact) mass is 186 g/mol. The van der Waals surface area contributed by atoms with E-state index in [0.29, 0.717) is 0 Å². The van der Waals surface area contributed by atoms with Crippen LogP contribution < -0.4 is 0 Å². The molecule has 0 unspecified atom stereocenters. The van der Waals surface area contributed by atoms with Gasteiger partial charge in [0, 0.05) is 10.8 Å². The third-order valence-corrected chi connectivity index (χ3v) is 2.72. The summed E-state index contributed by atoms with van der Waals surface area (Å²) in [6, 6.07) is 10.4. The Labute approximate surface area is 79.0 Å². The van der Waals surface area contributed by atoms with E-state index in [1.165, 1.54) is 27.7 Å². The van der Waals surface area contributed by atoms with Crippen molar-refractivity contribution in [2.45, 2.75) is 0 Å². The van der Waals surface area contributed by atoms with Crippen molar-refractivity contribution in [3.05, 3.63) is 35.7 Å². The Bertz CT molecular complexity index is 571. The quantitative estimate of drug-likeness (QED) is 0.539. The molecule has 3 heteroatoms. The normalized spacial score (nSPS) is 11.1. The average Bonchev–Trinajstić information content (AvgIpc) is 2.65. The number of nitrogens with zero attached hydrogens (tertiary/aromatic N) is 2. The Morgan fingerprint density at radius 2 is 2.00 bits per heavy atom. The van der Waals surface area contributed by atoms with Gasteiger partial charge in [0.15, 0.2) is 0 Å². The third-order valence-electron chi connectivity index (χ3n) is 2.20. The summed E-state index contributed by atoms with van der Waals surface area (Å²) in [7, 11) is 0. The molecule has 1 aromatic heterocycles. The number of rotatable bonds is 0. The summed E-state index contributed by atoms with van der Waals surface area (Å²) in [5.41, 5.74) is 0.970. The van der Waals surface area contributed by atoms with Crippen LogP contribution in [0.5, 0.6) is 0 Å². The van der Waals surface area contributed by atoms with Crippen LogP contribution in [0.15, 0.2) is 35.7 Å². The van der Waals surface area contributed by atoms with Gasteiger partial charge in [-0.05, 0) is 28.4 Å². The summed E-state index contributed by atoms with van der Waals surface area (Å²) in [4.78, 5) is 0. The van der Waals surface area contributed by atoms with Gasteiger partial charge in [-0.15, -0.1) is 5.10 Å². The van der Waals surface area contributed by atoms with Crippen LogP contribution >= 0.6 is 11.5 Å². The molecule has 3 aromatic rings. The highest BCUT2D eigenvalue weighted by Gasteiger charge is 2.00. The average molecular weight is 186 g/mol. The zero-order chi connectivity index (χ0) is 8.67. The van der Waals surface area contributed by atoms with Crippen molar-refractivity contribution >= 4 is 33.2 Å². The maximum Gasteiger partial charge on any atom is 0.0954 e. The summed E-state index contributed by atoms with van der Waals surface area (Å²) in [6.45, 7) is 0. The summed E-state index contributed by atoms with van der Waals surface area (Å²) in [6.07, 6.45) is 0. The van der Waals surface area contributed by atoms with Gasteiger partial charge in [0.2, 0.25) is 0 Å². The predicted molar refractivity (Wildman–Crippen MR) is 54.9 cm³/mol. The van der Waals surface area contributed by atoms with Crippen LogP contribution in [0.4, 0.5) is 0 Å². The first-order valence-corrected chi connectivity index (χ1v) is 4.87. The minimum atomic E-state index is 0.970. The van der Waals surface area contributed by atoms with E-state index in [1.807, 2.05) is 11.4 Å². The van der Waals surface area contributed by atoms with Crippen molar-refractivity contribution in [1.29, 1.82) is 0 Å². The van der Waals surface area contributed by atoms with Crippen LogP contribution in [0.25, 0.3) is 21.7 Å². The van der Waals surface area contributed by atoms with Gasteiger partial charge in [-0.25, -0.2) is 0 Å². The van der Waals surface area contributed by atoms with E-state index in [0.717, 1.165) is 5.52 Å². The highest BCUT2D eigenvalue weighted by atomic mass is 32.1. The standard InChI is InChI=1S/C10H6N2S/c1-2-7-4-5-10-9(8(7)3-1)6-13-12-11-10/h1-6H. The fraction of sp³-hybridized carbons (Fsp3) is 0. The van der Waals surface area contributed by atoms with Crippen LogP contribution in [0.2, 0.25) is 0 Å². The molecule has 13 heavy (non-hydrogen) atoms. The van der Waals surface area contributed by atoms with Crippen LogP contribution in [0.3, 0.4) is 0 Å². The van der Waals surface area contributed by atoms with Gasteiger partial charge < -0.3 is 0 Å². The smallest absolute Gasteiger partial charge is 0.0954 e. The number of hydrogen-bond donors (Lipinski definition) is 0. The summed E-state index contributed by atoms with van der Waals surface area (Å²) >= 11 is 1.39. The molecule has 1 heterocycles. The Hall–Kier alpha value is -1.48. The minimum Gasteiger partial charge on any atom is -0.139 e. The number of aromatic nitrogens is 2. The molecular weight excluding hydrogens is 180 g/mol. The molecule has 0 saturated heterocycles. The molecule has 0 bridgehead atoms. The number of hydrogen-bond acceptors (Lipinski definition) is 3. The predicted octanol–water partition coefficient (Wildman–Crippen LogP) is 2.84. The SMILES string of the molecule is c1cc2ccc3nnscc3c2c1. The minimum absolute atomic E-state index is 0.970. The van der Waals surface area contributed by atoms with Crippen molar-refractivity contribution < 1.29 is 0 Å². The van der Waals surface area contributed by atoms with Crippen molar-refractivity contribution in [1.82, 2.24) is 9.59 Å². The van der Waals surface area contributed by atoms with E-state index in [4.69, 9.17) is 0 Å². The van der Waals surface area contributed by atoms with Gasteiger partial charge in [-0.2, -0.15) is 0 Å². The van der Waals surface area contributed by atoms with Gasteiger partial charge in [0.1, 0.15) is 0 Å². The molecule has 0 radical (unpaired) electrons. The lowest BCUT2D eigenvalue weighted by atomic mass is 10.1. The molecule has 2 aromatic carbocycles. The highest BCUT2D eigenvalue weighted by molar-refractivity contribution is 7.03. The Morgan fingerprint density at radius 1 is 1.00 bits per heavy atom. The number of benzene rings is 1. The molecule has 0 N–H and O–H groups in total. The fourth-order valence-corrected chi connectivity index (χ4v) is 2.11. The second kappa shape index (κ2) is 2.50. The molecular formula is C10H6N2S. The van der Waals surface area contributed by atoms with Crippen LogP contribution in [-0.4, -0.2) is 9.59 Å². The summed E-state index contributed by atoms with van der Waals surface area (Å²) in [5, 5.41) is 9.86. The van der Waals surface area contributed by atoms with Gasteiger partial charge in [-0.1, -0.05) is 28.8 Å². The second-order valence-corrected chi connectivity index (χ2v) is 3.54. The van der Waals surface area contributed by atoms with E-state index < -0.39 is 0 Å². The first-order chi connectivity index (χ1) is 6.45. The van der Waals surface area contributed by atoms with Gasteiger partial charge in [-0.3, -0.25) is 0 Å². The van der Waals surface area contributed by atoms with Crippen LogP contribution in [-0.2, 0) is 0 Å². The lowest BCUT2D eigenvalue weighted by Gasteiger charge is -1.95. The topological polar surface area (TPSA) is 25.8 Å². The molecule has 0 amide bonds. The molecule has 2 nitrogen and oxygen atoms in total. The summed E-state index contributed by atoms with van der Waals surface area (Å²) < 4.78 is 3.90. The van der Waals surface area contributed by atoms with Crippen LogP contribution in [0.1, 0.15) is 0 Å². The summed E-state index contributed by atoms with van der Waals surface area (Å²) in [5.74, 6) is 0. The number of fused-ring (bicyclic) bond motifs is 3. The largest absolute Gasteiger partial charge is 0.139 e. The van der Waals surface area contributed by atoms with E-state index in [2.05, 4.69) is 33.9 Å². The zero-order valence-corrected chi connectivity index (χ0v) is 7.58. The molecule has 0 fully saturated rings. The Kier molecular flexibility index (Phi) is 1.34. The molecule has 3 rings (SSSR count). The highest BCUT2D eigenvalue weighted by Crippen LogP contribution is 2.24. The van der Waals surface area contributed by atoms with E-state index in [-0.39, 0.29) is 0 Å². The van der Waals surface area contributed by atoms with Gasteiger partial charge in [0.05, 0.1) is 5.52 Å². The van der Waals surface area contributed by atoms with E-state index in [9.17, 15) is 0 Å². The second-order valence-electron chi connectivity index (χ2n) is 2.93. The lowest BCUT2D eigenvalue weighted by Crippen LogP contribution is -1.78. The first kappa shape index (κ1) is 6.97. The van der Waals surface area contributed by atoms with Crippen molar-refractivity contribution in [3.8, 4) is 0 Å². The van der Waals surface area contributed by atoms with E-state index >= 15 is 0 Å². The maximum atomic E-state index is 4.08. The molecule has 62 valence electrons. The molecule has 0 aliphatic heterocycles. The molecule has 0 saturated carbocycles.